The number of aromatic nitrogens is 2. The molecule has 0 saturated heterocycles. The highest BCUT2D eigenvalue weighted by Crippen LogP contribution is 2.43. The minimum Gasteiger partial charge on any atom is -0.309 e. The molecule has 2 heterocycles. The molecule has 0 radical (unpaired) electrons. The first kappa shape index (κ1) is 25.2. The number of para-hydroxylation sites is 2. The molecule has 0 N–H and O–H groups in total. The fourth-order valence-electron chi connectivity index (χ4n) is 7.45. The van der Waals surface area contributed by atoms with E-state index in [9.17, 15) is 0 Å². The van der Waals surface area contributed by atoms with Crippen LogP contribution in [0.3, 0.4) is 0 Å². The Kier molecular flexibility index (Phi) is 5.20. The maximum Gasteiger partial charge on any atom is 0.0548 e. The van der Waals surface area contributed by atoms with E-state index >= 15 is 0 Å². The smallest absolute Gasteiger partial charge is 0.0548 e. The van der Waals surface area contributed by atoms with Crippen LogP contribution in [0.5, 0.6) is 0 Å². The SMILES string of the molecule is CC(C)(C)c1cccc2cc(-n3c4ccccc4c4c5c6ccccc6n(-c6ccc7ccccc7c6)c5ccc43)ccc12. The van der Waals surface area contributed by atoms with Crippen molar-refractivity contribution in [2.75, 3.05) is 0 Å². The maximum atomic E-state index is 2.45. The Bertz CT molecular complexity index is 2590. The summed E-state index contributed by atoms with van der Waals surface area (Å²) >= 11 is 0. The van der Waals surface area contributed by atoms with Gasteiger partial charge in [0.25, 0.3) is 0 Å². The van der Waals surface area contributed by atoms with Gasteiger partial charge in [-0.25, -0.2) is 0 Å². The first-order chi connectivity index (χ1) is 21.5. The van der Waals surface area contributed by atoms with Gasteiger partial charge in [0, 0.05) is 32.9 Å². The fraction of sp³-hybridized carbons (Fsp3) is 0.0952. The Morgan fingerprint density at radius 2 is 0.909 bits per heavy atom. The number of hydrogen-bond donors (Lipinski definition) is 0. The molecule has 2 heteroatoms. The molecule has 0 spiro atoms. The van der Waals surface area contributed by atoms with E-state index < -0.39 is 0 Å². The molecule has 0 aliphatic heterocycles. The zero-order valence-electron chi connectivity index (χ0n) is 25.2. The fourth-order valence-corrected chi connectivity index (χ4v) is 7.45. The van der Waals surface area contributed by atoms with Crippen LogP contribution in [-0.4, -0.2) is 9.13 Å². The highest BCUT2D eigenvalue weighted by atomic mass is 15.0. The summed E-state index contributed by atoms with van der Waals surface area (Å²) in [4.78, 5) is 0. The summed E-state index contributed by atoms with van der Waals surface area (Å²) in [6.45, 7) is 6.88. The van der Waals surface area contributed by atoms with Gasteiger partial charge in [-0.2, -0.15) is 0 Å². The minimum atomic E-state index is 0.0821. The predicted molar refractivity (Wildman–Crippen MR) is 189 cm³/mol. The zero-order valence-corrected chi connectivity index (χ0v) is 25.2. The molecule has 9 rings (SSSR count). The van der Waals surface area contributed by atoms with Crippen molar-refractivity contribution >= 4 is 65.2 Å². The summed E-state index contributed by atoms with van der Waals surface area (Å²) in [5, 5.41) is 10.3. The quantitative estimate of drug-likeness (QED) is 0.198. The van der Waals surface area contributed by atoms with Gasteiger partial charge < -0.3 is 9.13 Å². The van der Waals surface area contributed by atoms with E-state index in [1.54, 1.807) is 0 Å². The van der Waals surface area contributed by atoms with E-state index in [0.29, 0.717) is 0 Å². The largest absolute Gasteiger partial charge is 0.309 e. The molecule has 0 aliphatic carbocycles. The highest BCUT2D eigenvalue weighted by Gasteiger charge is 2.21. The average Bonchev–Trinajstić information content (AvgIpc) is 3.56. The van der Waals surface area contributed by atoms with Crippen LogP contribution in [0, 0.1) is 0 Å². The van der Waals surface area contributed by atoms with Crippen LogP contribution in [0.25, 0.3) is 76.5 Å². The molecular formula is C42H32N2. The second kappa shape index (κ2) is 9.08. The van der Waals surface area contributed by atoms with Gasteiger partial charge in [-0.1, -0.05) is 112 Å². The lowest BCUT2D eigenvalue weighted by Gasteiger charge is -2.21. The first-order valence-corrected chi connectivity index (χ1v) is 15.5. The topological polar surface area (TPSA) is 9.86 Å². The molecule has 0 atom stereocenters. The van der Waals surface area contributed by atoms with Crippen molar-refractivity contribution in [3.05, 3.63) is 145 Å². The van der Waals surface area contributed by atoms with Crippen LogP contribution in [0.1, 0.15) is 26.3 Å². The predicted octanol–water partition coefficient (Wildman–Crippen LogP) is 11.5. The monoisotopic (exact) mass is 564 g/mol. The number of benzene rings is 7. The molecule has 2 aromatic heterocycles. The Morgan fingerprint density at radius 1 is 0.386 bits per heavy atom. The van der Waals surface area contributed by atoms with E-state index in [4.69, 9.17) is 0 Å². The third kappa shape index (κ3) is 3.55. The van der Waals surface area contributed by atoms with Crippen LogP contribution in [0.4, 0.5) is 0 Å². The number of fused-ring (bicyclic) bond motifs is 9. The van der Waals surface area contributed by atoms with Crippen molar-refractivity contribution in [1.82, 2.24) is 9.13 Å². The molecule has 0 amide bonds. The summed E-state index contributed by atoms with van der Waals surface area (Å²) in [7, 11) is 0. The molecule has 7 aromatic carbocycles. The molecule has 0 fully saturated rings. The molecule has 0 aliphatic rings. The van der Waals surface area contributed by atoms with E-state index in [1.165, 1.54) is 82.1 Å². The highest BCUT2D eigenvalue weighted by molar-refractivity contribution is 6.29. The normalized spacial score (nSPS) is 12.4. The van der Waals surface area contributed by atoms with Crippen molar-refractivity contribution in [3.63, 3.8) is 0 Å². The van der Waals surface area contributed by atoms with Crippen molar-refractivity contribution in [2.24, 2.45) is 0 Å². The Balaban J connectivity index is 1.38. The second-order valence-electron chi connectivity index (χ2n) is 13.1. The van der Waals surface area contributed by atoms with Crippen molar-refractivity contribution in [2.45, 2.75) is 26.2 Å². The van der Waals surface area contributed by atoms with Gasteiger partial charge in [-0.3, -0.25) is 0 Å². The lowest BCUT2D eigenvalue weighted by atomic mass is 9.84. The van der Waals surface area contributed by atoms with Gasteiger partial charge in [0.2, 0.25) is 0 Å². The van der Waals surface area contributed by atoms with E-state index in [-0.39, 0.29) is 5.41 Å². The summed E-state index contributed by atoms with van der Waals surface area (Å²) in [5.41, 5.74) is 8.74. The average molecular weight is 565 g/mol. The summed E-state index contributed by atoms with van der Waals surface area (Å²) in [6.07, 6.45) is 0. The van der Waals surface area contributed by atoms with Crippen molar-refractivity contribution in [1.29, 1.82) is 0 Å². The van der Waals surface area contributed by atoms with Crippen LogP contribution in [-0.2, 0) is 5.41 Å². The second-order valence-corrected chi connectivity index (χ2v) is 13.1. The molecule has 0 saturated carbocycles. The number of hydrogen-bond acceptors (Lipinski definition) is 0. The van der Waals surface area contributed by atoms with E-state index in [0.717, 1.165) is 0 Å². The van der Waals surface area contributed by atoms with E-state index in [2.05, 4.69) is 169 Å². The molecule has 210 valence electrons. The summed E-state index contributed by atoms with van der Waals surface area (Å²) in [6, 6.07) is 51.5. The minimum absolute atomic E-state index is 0.0821. The van der Waals surface area contributed by atoms with E-state index in [1.807, 2.05) is 0 Å². The van der Waals surface area contributed by atoms with Gasteiger partial charge in [0.15, 0.2) is 0 Å². The third-order valence-electron chi connectivity index (χ3n) is 9.39. The molecule has 9 aromatic rings. The van der Waals surface area contributed by atoms with Gasteiger partial charge >= 0.3 is 0 Å². The maximum absolute atomic E-state index is 2.45. The summed E-state index contributed by atoms with van der Waals surface area (Å²) in [5.74, 6) is 0. The zero-order chi connectivity index (χ0) is 29.6. The molecule has 0 unspecified atom stereocenters. The lowest BCUT2D eigenvalue weighted by molar-refractivity contribution is 0.596. The van der Waals surface area contributed by atoms with Crippen LogP contribution in [0.2, 0.25) is 0 Å². The third-order valence-corrected chi connectivity index (χ3v) is 9.39. The number of rotatable bonds is 2. The molecular weight excluding hydrogens is 532 g/mol. The Labute approximate surface area is 256 Å². The van der Waals surface area contributed by atoms with Gasteiger partial charge in [0.05, 0.1) is 22.1 Å². The molecule has 2 nitrogen and oxygen atoms in total. The summed E-state index contributed by atoms with van der Waals surface area (Å²) < 4.78 is 4.89. The van der Waals surface area contributed by atoms with Gasteiger partial charge in [-0.15, -0.1) is 0 Å². The lowest BCUT2D eigenvalue weighted by Crippen LogP contribution is -2.11. The van der Waals surface area contributed by atoms with Crippen molar-refractivity contribution < 1.29 is 0 Å². The van der Waals surface area contributed by atoms with Crippen LogP contribution < -0.4 is 0 Å². The Hall–Kier alpha value is -5.34. The number of nitrogens with zero attached hydrogens (tertiary/aromatic N) is 2. The molecule has 0 bridgehead atoms. The first-order valence-electron chi connectivity index (χ1n) is 15.5. The Morgan fingerprint density at radius 3 is 1.55 bits per heavy atom. The van der Waals surface area contributed by atoms with Crippen molar-refractivity contribution in [3.8, 4) is 11.4 Å². The van der Waals surface area contributed by atoms with Crippen LogP contribution >= 0.6 is 0 Å². The molecule has 44 heavy (non-hydrogen) atoms. The van der Waals surface area contributed by atoms with Crippen LogP contribution in [0.15, 0.2) is 140 Å². The van der Waals surface area contributed by atoms with Gasteiger partial charge in [0.1, 0.15) is 0 Å². The standard InChI is InChI=1S/C42H32N2/c1-42(2,3)35-16-10-13-29-26-31(21-22-32(29)35)44-37-18-9-7-15-34(37)41-39(44)24-23-38-40(41)33-14-6-8-17-36(33)43(38)30-20-19-27-11-4-5-12-28(27)25-30/h4-26H,1-3H3. The van der Waals surface area contributed by atoms with Gasteiger partial charge in [-0.05, 0) is 81.1 Å².